The van der Waals surface area contributed by atoms with Crippen molar-refractivity contribution in [2.75, 3.05) is 0 Å². The normalized spacial score (nSPS) is 28.7. The van der Waals surface area contributed by atoms with Crippen molar-refractivity contribution in [2.24, 2.45) is 34.2 Å². The van der Waals surface area contributed by atoms with Crippen molar-refractivity contribution in [2.45, 2.75) is 19.4 Å². The molecule has 3 aliphatic carbocycles. The largest absolute Gasteiger partial charge is 0.342 e. The number of aromatic nitrogens is 1. The fourth-order valence-corrected chi connectivity index (χ4v) is 6.81. The third kappa shape index (κ3) is 2.57. The molecule has 1 spiro atoms. The number of imide groups is 1. The highest BCUT2D eigenvalue weighted by Crippen LogP contribution is 2.73. The molecular formula is C27H22ClN3O2. The summed E-state index contributed by atoms with van der Waals surface area (Å²) in [6.07, 6.45) is 10.3. The fraction of sp³-hybridized carbons (Fsp3) is 0.296. The Labute approximate surface area is 196 Å². The monoisotopic (exact) mass is 455 g/mol. The van der Waals surface area contributed by atoms with Crippen molar-refractivity contribution in [3.8, 4) is 0 Å². The number of hydrogen-bond acceptors (Lipinski definition) is 3. The minimum atomic E-state index is -0.228. The van der Waals surface area contributed by atoms with Gasteiger partial charge in [0.15, 0.2) is 0 Å². The number of allylic oxidation sites excluding steroid dienone is 2. The summed E-state index contributed by atoms with van der Waals surface area (Å²) >= 11 is 6.38. The van der Waals surface area contributed by atoms with E-state index in [0.717, 1.165) is 44.9 Å². The van der Waals surface area contributed by atoms with Crippen molar-refractivity contribution >= 4 is 40.5 Å². The fourth-order valence-electron chi connectivity index (χ4n) is 6.62. The van der Waals surface area contributed by atoms with Crippen LogP contribution in [0.4, 0.5) is 0 Å². The van der Waals surface area contributed by atoms with Gasteiger partial charge in [-0.25, -0.2) is 0 Å². The number of halogens is 1. The molecule has 1 saturated heterocycles. The van der Waals surface area contributed by atoms with E-state index in [9.17, 15) is 9.59 Å². The Morgan fingerprint density at radius 3 is 2.33 bits per heavy atom. The van der Waals surface area contributed by atoms with Crippen molar-refractivity contribution in [1.82, 2.24) is 9.58 Å². The molecule has 1 aliphatic heterocycles. The molecule has 3 fully saturated rings. The number of rotatable bonds is 4. The van der Waals surface area contributed by atoms with Crippen LogP contribution in [0.5, 0.6) is 0 Å². The van der Waals surface area contributed by atoms with E-state index in [1.807, 2.05) is 48.7 Å². The summed E-state index contributed by atoms with van der Waals surface area (Å²) in [4.78, 5) is 26.4. The smallest absolute Gasteiger partial charge is 0.254 e. The zero-order valence-electron chi connectivity index (χ0n) is 17.9. The molecule has 5 nitrogen and oxygen atoms in total. The molecule has 33 heavy (non-hydrogen) atoms. The van der Waals surface area contributed by atoms with Gasteiger partial charge >= 0.3 is 0 Å². The van der Waals surface area contributed by atoms with Gasteiger partial charge in [0.2, 0.25) is 0 Å². The second-order valence-corrected chi connectivity index (χ2v) is 10.2. The lowest BCUT2D eigenvalue weighted by Crippen LogP contribution is -2.30. The molecule has 164 valence electrons. The summed E-state index contributed by atoms with van der Waals surface area (Å²) in [5, 5.41) is 7.31. The predicted octanol–water partition coefficient (Wildman–Crippen LogP) is 4.87. The van der Waals surface area contributed by atoms with Crippen LogP contribution in [-0.4, -0.2) is 27.6 Å². The highest BCUT2D eigenvalue weighted by molar-refractivity contribution is 6.31. The van der Waals surface area contributed by atoms with Crippen LogP contribution < -0.4 is 0 Å². The van der Waals surface area contributed by atoms with Crippen LogP contribution >= 0.6 is 11.6 Å². The van der Waals surface area contributed by atoms with Crippen LogP contribution in [-0.2, 0) is 16.1 Å². The van der Waals surface area contributed by atoms with E-state index in [1.165, 1.54) is 0 Å². The van der Waals surface area contributed by atoms with Crippen LogP contribution in [0.3, 0.4) is 0 Å². The van der Waals surface area contributed by atoms with Crippen LogP contribution in [0.15, 0.2) is 72.0 Å². The summed E-state index contributed by atoms with van der Waals surface area (Å²) in [5.74, 6) is -0.306. The minimum absolute atomic E-state index is 0.135. The molecule has 2 bridgehead atoms. The SMILES string of the molecule is O=C1[C@@H]2[C@H](C(=O)N1/N=C\c1cn(Cc3ccccc3Cl)c3ccccc13)[C@@H]1C=C[C@H]2C12CC2. The number of hydrogen-bond donors (Lipinski definition) is 0. The van der Waals surface area contributed by atoms with E-state index >= 15 is 0 Å². The van der Waals surface area contributed by atoms with Crippen molar-refractivity contribution in [3.05, 3.63) is 83.0 Å². The Morgan fingerprint density at radius 1 is 0.970 bits per heavy atom. The summed E-state index contributed by atoms with van der Waals surface area (Å²) in [5.41, 5.74) is 3.14. The topological polar surface area (TPSA) is 54.7 Å². The van der Waals surface area contributed by atoms with E-state index < -0.39 is 0 Å². The van der Waals surface area contributed by atoms with Gasteiger partial charge in [-0.2, -0.15) is 10.1 Å². The molecular weight excluding hydrogens is 434 g/mol. The Bertz CT molecular complexity index is 1370. The quantitative estimate of drug-likeness (QED) is 0.320. The van der Waals surface area contributed by atoms with E-state index in [0.29, 0.717) is 6.54 Å². The van der Waals surface area contributed by atoms with E-state index in [1.54, 1.807) is 6.21 Å². The lowest BCUT2D eigenvalue weighted by Gasteiger charge is -2.18. The maximum absolute atomic E-state index is 13.2. The number of fused-ring (bicyclic) bond motifs is 4. The van der Waals surface area contributed by atoms with Gasteiger partial charge in [-0.05, 0) is 47.8 Å². The first-order valence-corrected chi connectivity index (χ1v) is 11.9. The van der Waals surface area contributed by atoms with Crippen LogP contribution in [0.25, 0.3) is 10.9 Å². The zero-order chi connectivity index (χ0) is 22.3. The predicted molar refractivity (Wildman–Crippen MR) is 127 cm³/mol. The third-order valence-corrected chi connectivity index (χ3v) is 8.63. The van der Waals surface area contributed by atoms with Crippen LogP contribution in [0.1, 0.15) is 24.0 Å². The number of nitrogens with zero attached hydrogens (tertiary/aromatic N) is 3. The van der Waals surface area contributed by atoms with Crippen molar-refractivity contribution in [3.63, 3.8) is 0 Å². The molecule has 4 aliphatic rings. The molecule has 0 N–H and O–H groups in total. The molecule has 2 aromatic carbocycles. The minimum Gasteiger partial charge on any atom is -0.342 e. The van der Waals surface area contributed by atoms with E-state index in [4.69, 9.17) is 11.6 Å². The van der Waals surface area contributed by atoms with E-state index in [2.05, 4.69) is 27.9 Å². The Kier molecular flexibility index (Phi) is 3.90. The van der Waals surface area contributed by atoms with Gasteiger partial charge in [0.25, 0.3) is 11.8 Å². The molecule has 6 heteroatoms. The second-order valence-electron chi connectivity index (χ2n) is 9.77. The summed E-state index contributed by atoms with van der Waals surface area (Å²) < 4.78 is 2.13. The van der Waals surface area contributed by atoms with Crippen molar-refractivity contribution in [1.29, 1.82) is 0 Å². The number of carbonyl (C=O) groups is 2. The maximum Gasteiger partial charge on any atom is 0.254 e. The average molecular weight is 456 g/mol. The van der Waals surface area contributed by atoms with Gasteiger partial charge in [0.05, 0.1) is 18.1 Å². The molecule has 0 unspecified atom stereocenters. The molecule has 1 aromatic heterocycles. The van der Waals surface area contributed by atoms with E-state index in [-0.39, 0.29) is 40.9 Å². The number of amides is 2. The summed E-state index contributed by atoms with van der Waals surface area (Å²) in [7, 11) is 0. The first-order valence-electron chi connectivity index (χ1n) is 11.5. The first kappa shape index (κ1) is 19.3. The average Bonchev–Trinajstić information content (AvgIpc) is 3.27. The maximum atomic E-state index is 13.2. The van der Waals surface area contributed by atoms with Crippen molar-refractivity contribution < 1.29 is 9.59 Å². The molecule has 2 saturated carbocycles. The number of carbonyl (C=O) groups excluding carboxylic acids is 2. The Morgan fingerprint density at radius 2 is 1.64 bits per heavy atom. The number of para-hydroxylation sites is 1. The van der Waals surface area contributed by atoms with Gasteiger partial charge in [-0.1, -0.05) is 60.2 Å². The van der Waals surface area contributed by atoms with Gasteiger partial charge in [-0.15, -0.1) is 0 Å². The molecule has 0 radical (unpaired) electrons. The first-order chi connectivity index (χ1) is 16.1. The highest BCUT2D eigenvalue weighted by atomic mass is 35.5. The summed E-state index contributed by atoms with van der Waals surface area (Å²) in [6, 6.07) is 15.9. The number of benzene rings is 2. The second kappa shape index (κ2) is 6.67. The number of hydrazone groups is 1. The molecule has 2 amide bonds. The highest BCUT2D eigenvalue weighted by Gasteiger charge is 2.73. The molecule has 7 rings (SSSR count). The third-order valence-electron chi connectivity index (χ3n) is 8.26. The Balaban J connectivity index is 1.21. The molecule has 2 heterocycles. The van der Waals surface area contributed by atoms with Gasteiger partial charge < -0.3 is 4.57 Å². The van der Waals surface area contributed by atoms with Gasteiger partial charge in [0.1, 0.15) is 0 Å². The van der Waals surface area contributed by atoms with Gasteiger partial charge in [0, 0.05) is 34.2 Å². The lowest BCUT2D eigenvalue weighted by molar-refractivity contribution is -0.141. The summed E-state index contributed by atoms with van der Waals surface area (Å²) in [6.45, 7) is 0.622. The Hall–Kier alpha value is -3.18. The lowest BCUT2D eigenvalue weighted by atomic mass is 9.85. The molecule has 3 aromatic rings. The standard InChI is InChI=1S/C27H22ClN3O2/c28-21-7-3-1-5-16(21)14-30-15-17(18-6-2-4-8-22(18)30)13-29-31-25(32)23-19-9-10-20(24(23)26(31)33)27(19)11-12-27/h1-10,13,15,19-20,23-24H,11-12,14H2/b29-13-/t19-,20+,23+,24-. The molecule has 4 atom stereocenters. The van der Waals surface area contributed by atoms with Crippen LogP contribution in [0, 0.1) is 29.1 Å². The zero-order valence-corrected chi connectivity index (χ0v) is 18.7. The van der Waals surface area contributed by atoms with Crippen LogP contribution in [0.2, 0.25) is 5.02 Å². The van der Waals surface area contributed by atoms with Gasteiger partial charge in [-0.3, -0.25) is 9.59 Å².